The number of amides is 1. The highest BCUT2D eigenvalue weighted by Gasteiger charge is 2.42. The Morgan fingerprint density at radius 3 is 2.10 bits per heavy atom. The number of aliphatic carboxylic acids is 2. The first-order valence-corrected chi connectivity index (χ1v) is 12.4. The van der Waals surface area contributed by atoms with Crippen molar-refractivity contribution >= 4 is 23.5 Å². The van der Waals surface area contributed by atoms with E-state index in [-0.39, 0.29) is 23.8 Å². The number of nitrogens with one attached hydrogen (secondary N) is 1. The largest absolute Gasteiger partial charge is 0.490 e. The number of hydrogen-bond donors (Lipinski definition) is 3. The molecule has 0 unspecified atom stereocenters. The molecule has 1 amide bonds. The summed E-state index contributed by atoms with van der Waals surface area (Å²) < 4.78 is 75.0. The Labute approximate surface area is 225 Å². The highest BCUT2D eigenvalue weighted by Crippen LogP contribution is 2.34. The van der Waals surface area contributed by atoms with Crippen molar-refractivity contribution in [1.29, 1.82) is 0 Å². The number of anilines is 1. The van der Waals surface area contributed by atoms with Crippen molar-refractivity contribution < 1.29 is 60.4 Å². The Morgan fingerprint density at radius 1 is 0.975 bits per heavy atom. The van der Waals surface area contributed by atoms with Crippen molar-refractivity contribution in [2.45, 2.75) is 44.1 Å². The van der Waals surface area contributed by atoms with Gasteiger partial charge in [0.2, 0.25) is 5.91 Å². The molecule has 1 aromatic heterocycles. The van der Waals surface area contributed by atoms with Crippen molar-refractivity contribution in [3.8, 4) is 0 Å². The number of likely N-dealkylation sites (tertiary alicyclic amines) is 1. The molecular formula is C24H31F6N3O7. The maximum absolute atomic E-state index is 12.9. The summed E-state index contributed by atoms with van der Waals surface area (Å²) in [6.45, 7) is 5.64. The van der Waals surface area contributed by atoms with Crippen LogP contribution in [0.15, 0.2) is 24.5 Å². The molecule has 0 saturated carbocycles. The minimum absolute atomic E-state index is 0.0199. The van der Waals surface area contributed by atoms with Crippen LogP contribution in [0.25, 0.3) is 0 Å². The van der Waals surface area contributed by atoms with E-state index in [0.717, 1.165) is 70.1 Å². The Balaban J connectivity index is 0.000000333. The summed E-state index contributed by atoms with van der Waals surface area (Å²) in [5, 5.41) is 17.3. The van der Waals surface area contributed by atoms with Crippen molar-refractivity contribution in [1.82, 2.24) is 9.88 Å². The zero-order valence-electron chi connectivity index (χ0n) is 21.3. The summed E-state index contributed by atoms with van der Waals surface area (Å²) in [7, 11) is 0. The fraction of sp³-hybridized carbons (Fsp3) is 0.667. The summed E-state index contributed by atoms with van der Waals surface area (Å²) in [5.41, 5.74) is 0.774. The number of aromatic nitrogens is 1. The first kappa shape index (κ1) is 33.2. The average Bonchev–Trinajstić information content (AvgIpc) is 2.89. The Kier molecular flexibility index (Phi) is 12.6. The second-order valence-corrected chi connectivity index (χ2v) is 9.41. The summed E-state index contributed by atoms with van der Waals surface area (Å²) in [6.07, 6.45) is -2.37. The lowest BCUT2D eigenvalue weighted by molar-refractivity contribution is -0.193. The lowest BCUT2D eigenvalue weighted by Crippen LogP contribution is -2.53. The van der Waals surface area contributed by atoms with Crippen LogP contribution in [0.5, 0.6) is 0 Å². The highest BCUT2D eigenvalue weighted by molar-refractivity contribution is 5.92. The van der Waals surface area contributed by atoms with E-state index < -0.39 is 24.3 Å². The van der Waals surface area contributed by atoms with Crippen molar-refractivity contribution in [3.63, 3.8) is 0 Å². The number of ether oxygens (including phenoxy) is 2. The van der Waals surface area contributed by atoms with E-state index in [0.29, 0.717) is 6.61 Å². The first-order chi connectivity index (χ1) is 18.7. The highest BCUT2D eigenvalue weighted by atomic mass is 19.4. The number of carbonyl (C=O) groups excluding carboxylic acids is 1. The molecule has 16 heteroatoms. The van der Waals surface area contributed by atoms with Crippen LogP contribution < -0.4 is 5.32 Å². The van der Waals surface area contributed by atoms with Crippen molar-refractivity contribution in [2.24, 2.45) is 17.8 Å². The standard InChI is InChI=1S/C20H29N3O3.2C2HF3O2/c24-20(22-16-2-1-7-21-12-16)17-6-11-26-19-3-8-23(14-18(17)19)13-15-4-9-25-10-5-15;2*3-2(4,5)1(6)7/h1-2,7,12,15,17-19H,3-6,8-11,13-14H2,(H,22,24);2*(H,6,7)/t17-,18+,19-;;/m1../s1. The van der Waals surface area contributed by atoms with E-state index in [1.165, 1.54) is 0 Å². The van der Waals surface area contributed by atoms with Gasteiger partial charge in [-0.05, 0) is 43.7 Å². The summed E-state index contributed by atoms with van der Waals surface area (Å²) in [5.74, 6) is -4.36. The van der Waals surface area contributed by atoms with Gasteiger partial charge in [-0.25, -0.2) is 9.59 Å². The summed E-state index contributed by atoms with van der Waals surface area (Å²) >= 11 is 0. The molecule has 0 aliphatic carbocycles. The number of halogens is 6. The van der Waals surface area contributed by atoms with Gasteiger partial charge >= 0.3 is 24.3 Å². The smallest absolute Gasteiger partial charge is 0.475 e. The number of carboxylic acid groups (broad SMARTS) is 2. The monoisotopic (exact) mass is 587 g/mol. The molecule has 40 heavy (non-hydrogen) atoms. The molecule has 4 rings (SSSR count). The van der Waals surface area contributed by atoms with Gasteiger partial charge in [0.15, 0.2) is 0 Å². The molecule has 1 aromatic rings. The molecule has 3 aliphatic heterocycles. The molecular weight excluding hydrogens is 556 g/mol. The first-order valence-electron chi connectivity index (χ1n) is 12.4. The average molecular weight is 588 g/mol. The van der Waals surface area contributed by atoms with Gasteiger partial charge in [-0.1, -0.05) is 0 Å². The van der Waals surface area contributed by atoms with E-state index in [1.54, 1.807) is 12.4 Å². The zero-order valence-corrected chi connectivity index (χ0v) is 21.3. The molecule has 3 saturated heterocycles. The molecule has 10 nitrogen and oxygen atoms in total. The van der Waals surface area contributed by atoms with E-state index in [9.17, 15) is 31.1 Å². The van der Waals surface area contributed by atoms with Gasteiger partial charge in [-0.2, -0.15) is 26.3 Å². The van der Waals surface area contributed by atoms with Gasteiger partial charge in [0.1, 0.15) is 0 Å². The van der Waals surface area contributed by atoms with Crippen LogP contribution in [0.1, 0.15) is 25.7 Å². The Bertz CT molecular complexity index is 935. The molecule has 0 aromatic carbocycles. The molecule has 0 spiro atoms. The molecule has 0 radical (unpaired) electrons. The summed E-state index contributed by atoms with van der Waals surface area (Å²) in [4.78, 5) is 37.3. The van der Waals surface area contributed by atoms with Crippen LogP contribution in [0.2, 0.25) is 0 Å². The number of fused-ring (bicyclic) bond motifs is 1. The van der Waals surface area contributed by atoms with Gasteiger partial charge in [-0.3, -0.25) is 9.78 Å². The second-order valence-electron chi connectivity index (χ2n) is 9.41. The van der Waals surface area contributed by atoms with Crippen LogP contribution in [0.3, 0.4) is 0 Å². The number of alkyl halides is 6. The Morgan fingerprint density at radius 2 is 1.57 bits per heavy atom. The van der Waals surface area contributed by atoms with Crippen LogP contribution in [0, 0.1) is 17.8 Å². The topological polar surface area (TPSA) is 138 Å². The number of piperidine rings is 1. The number of carboxylic acids is 2. The molecule has 0 bridgehead atoms. The summed E-state index contributed by atoms with van der Waals surface area (Å²) in [6, 6.07) is 3.73. The third-order valence-corrected chi connectivity index (χ3v) is 6.56. The minimum Gasteiger partial charge on any atom is -0.475 e. The molecule has 3 aliphatic rings. The van der Waals surface area contributed by atoms with Crippen LogP contribution in [-0.4, -0.2) is 95.9 Å². The lowest BCUT2D eigenvalue weighted by atomic mass is 9.78. The number of pyridine rings is 1. The molecule has 4 heterocycles. The minimum atomic E-state index is -5.08. The predicted molar refractivity (Wildman–Crippen MR) is 126 cm³/mol. The van der Waals surface area contributed by atoms with Crippen LogP contribution in [-0.2, 0) is 23.9 Å². The quantitative estimate of drug-likeness (QED) is 0.453. The van der Waals surface area contributed by atoms with Gasteiger partial charge in [-0.15, -0.1) is 0 Å². The maximum Gasteiger partial charge on any atom is 0.490 e. The van der Waals surface area contributed by atoms with Gasteiger partial charge in [0.25, 0.3) is 0 Å². The molecule has 226 valence electrons. The number of nitrogens with zero attached hydrogens (tertiary/aromatic N) is 2. The number of rotatable bonds is 4. The van der Waals surface area contributed by atoms with Crippen molar-refractivity contribution in [3.05, 3.63) is 24.5 Å². The number of carbonyl (C=O) groups is 3. The van der Waals surface area contributed by atoms with E-state index in [4.69, 9.17) is 29.3 Å². The van der Waals surface area contributed by atoms with Gasteiger partial charge in [0.05, 0.1) is 18.0 Å². The zero-order chi connectivity index (χ0) is 29.9. The van der Waals surface area contributed by atoms with E-state index in [2.05, 4.69) is 15.2 Å². The molecule has 3 atom stereocenters. The third kappa shape index (κ3) is 11.3. The fourth-order valence-corrected chi connectivity index (χ4v) is 4.64. The van der Waals surface area contributed by atoms with Crippen LogP contribution >= 0.6 is 0 Å². The molecule has 3 N–H and O–H groups in total. The van der Waals surface area contributed by atoms with Crippen molar-refractivity contribution in [2.75, 3.05) is 44.8 Å². The van der Waals surface area contributed by atoms with Gasteiger partial charge in [0, 0.05) is 57.5 Å². The van der Waals surface area contributed by atoms with Gasteiger partial charge < -0.3 is 29.9 Å². The van der Waals surface area contributed by atoms with E-state index in [1.807, 2.05) is 12.1 Å². The Hall–Kier alpha value is -2.98. The van der Waals surface area contributed by atoms with Crippen LogP contribution in [0.4, 0.5) is 32.0 Å². The second kappa shape index (κ2) is 15.1. The predicted octanol–water partition coefficient (Wildman–Crippen LogP) is 3.44. The third-order valence-electron chi connectivity index (χ3n) is 6.56. The fourth-order valence-electron chi connectivity index (χ4n) is 4.64. The van der Waals surface area contributed by atoms with E-state index >= 15 is 0 Å². The normalized spacial score (nSPS) is 23.8. The SMILES string of the molecule is O=C(Nc1cccnc1)[C@@H]1CCO[C@@H]2CCN(CC3CCOCC3)C[C@H]21.O=C(O)C(F)(F)F.O=C(O)C(F)(F)F. The maximum atomic E-state index is 12.9. The number of hydrogen-bond acceptors (Lipinski definition) is 7. The lowest BCUT2D eigenvalue weighted by Gasteiger charge is -2.45. The molecule has 3 fully saturated rings.